The molecular weight excluding hydrogens is 408 g/mol. The summed E-state index contributed by atoms with van der Waals surface area (Å²) in [5.74, 6) is 2.79. The first-order valence-electron chi connectivity index (χ1n) is 9.80. The van der Waals surface area contributed by atoms with Gasteiger partial charge in [0.05, 0.1) is 12.0 Å². The quantitative estimate of drug-likeness (QED) is 0.333. The normalized spacial score (nSPS) is 11.5. The van der Waals surface area contributed by atoms with Crippen LogP contribution >= 0.6 is 0 Å². The van der Waals surface area contributed by atoms with Gasteiger partial charge in [0.1, 0.15) is 23.0 Å². The van der Waals surface area contributed by atoms with Gasteiger partial charge in [-0.05, 0) is 78.7 Å². The fourth-order valence-corrected chi connectivity index (χ4v) is 3.72. The zero-order valence-electron chi connectivity index (χ0n) is 17.3. The average Bonchev–Trinajstić information content (AvgIpc) is 2.81. The molecule has 0 aromatic heterocycles. The molecule has 0 heterocycles. The van der Waals surface area contributed by atoms with E-state index < -0.39 is 11.1 Å². The second kappa shape index (κ2) is 9.49. The van der Waals surface area contributed by atoms with Gasteiger partial charge in [0.15, 0.2) is 0 Å². The first-order valence-corrected chi connectivity index (χ1v) is 10.9. The molecule has 0 spiro atoms. The van der Waals surface area contributed by atoms with Gasteiger partial charge in [-0.25, -0.2) is 4.21 Å². The second-order valence-electron chi connectivity index (χ2n) is 6.96. The first-order chi connectivity index (χ1) is 15.1. The van der Waals surface area contributed by atoms with Crippen LogP contribution < -0.4 is 13.7 Å². The summed E-state index contributed by atoms with van der Waals surface area (Å²) in [7, 11) is 1.66. The van der Waals surface area contributed by atoms with Crippen molar-refractivity contribution in [2.45, 2.75) is 11.8 Å². The fourth-order valence-electron chi connectivity index (χ4n) is 2.98. The summed E-state index contributed by atoms with van der Waals surface area (Å²) in [6.07, 6.45) is 0. The number of ether oxygens (including phenoxy) is 2. The summed E-state index contributed by atoms with van der Waals surface area (Å²) in [5.41, 5.74) is 3.32. The summed E-state index contributed by atoms with van der Waals surface area (Å²) >= 11 is -1.59. The van der Waals surface area contributed by atoms with Crippen LogP contribution in [-0.4, -0.2) is 11.3 Å². The maximum Gasteiger partial charge on any atom is 0.240 e. The molecule has 5 heteroatoms. The smallest absolute Gasteiger partial charge is 0.240 e. The monoisotopic (exact) mass is 430 g/mol. The molecule has 0 saturated heterocycles. The highest BCUT2D eigenvalue weighted by Gasteiger charge is 2.08. The lowest BCUT2D eigenvalue weighted by Crippen LogP contribution is -2.00. The van der Waals surface area contributed by atoms with Gasteiger partial charge in [-0.2, -0.15) is 0 Å². The molecule has 4 rings (SSSR count). The Balaban J connectivity index is 1.39. The predicted molar refractivity (Wildman–Crippen MR) is 123 cm³/mol. The zero-order valence-corrected chi connectivity index (χ0v) is 18.1. The highest BCUT2D eigenvalue weighted by atomic mass is 32.2. The van der Waals surface area contributed by atoms with E-state index in [-0.39, 0.29) is 0 Å². The van der Waals surface area contributed by atoms with Crippen LogP contribution in [0.2, 0.25) is 0 Å². The lowest BCUT2D eigenvalue weighted by molar-refractivity contribution is 0.415. The van der Waals surface area contributed by atoms with Gasteiger partial charge < -0.3 is 13.7 Å². The van der Waals surface area contributed by atoms with Crippen molar-refractivity contribution in [2.75, 3.05) is 7.11 Å². The lowest BCUT2D eigenvalue weighted by atomic mass is 10.1. The Kier molecular flexibility index (Phi) is 6.34. The minimum atomic E-state index is -1.59. The molecule has 4 aromatic carbocycles. The van der Waals surface area contributed by atoms with Gasteiger partial charge >= 0.3 is 0 Å². The molecule has 0 fully saturated rings. The Hall–Kier alpha value is -3.57. The number of methoxy groups -OCH3 is 1. The van der Waals surface area contributed by atoms with Crippen LogP contribution in [0.25, 0.3) is 11.1 Å². The number of aryl methyl sites for hydroxylation is 1. The summed E-state index contributed by atoms with van der Waals surface area (Å²) in [6, 6.07) is 30.3. The number of benzene rings is 4. The Morgan fingerprint density at radius 1 is 0.581 bits per heavy atom. The van der Waals surface area contributed by atoms with E-state index in [0.29, 0.717) is 16.4 Å². The van der Waals surface area contributed by atoms with Gasteiger partial charge in [0, 0.05) is 0 Å². The number of hydrogen-bond acceptors (Lipinski definition) is 4. The van der Waals surface area contributed by atoms with E-state index in [0.717, 1.165) is 28.2 Å². The topological polar surface area (TPSA) is 44.8 Å². The van der Waals surface area contributed by atoms with Crippen LogP contribution in [0, 0.1) is 6.92 Å². The Morgan fingerprint density at radius 3 is 1.55 bits per heavy atom. The molecule has 0 aliphatic heterocycles. The summed E-state index contributed by atoms with van der Waals surface area (Å²) in [5, 5.41) is 0. The maximum atomic E-state index is 12.4. The van der Waals surface area contributed by atoms with Crippen LogP contribution in [0.3, 0.4) is 0 Å². The molecule has 1 atom stereocenters. The third-order valence-corrected chi connectivity index (χ3v) is 5.72. The van der Waals surface area contributed by atoms with E-state index in [2.05, 4.69) is 0 Å². The van der Waals surface area contributed by atoms with Crippen molar-refractivity contribution in [3.05, 3.63) is 103 Å². The molecule has 156 valence electrons. The van der Waals surface area contributed by atoms with Crippen molar-refractivity contribution in [2.24, 2.45) is 0 Å². The molecule has 1 unspecified atom stereocenters. The highest BCUT2D eigenvalue weighted by Crippen LogP contribution is 2.27. The van der Waals surface area contributed by atoms with E-state index in [1.807, 2.05) is 67.6 Å². The van der Waals surface area contributed by atoms with Gasteiger partial charge in [-0.1, -0.05) is 42.0 Å². The van der Waals surface area contributed by atoms with Crippen LogP contribution in [0.5, 0.6) is 23.0 Å². The standard InChI is InChI=1S/C26H22O4S/c1-19-3-9-25(10-4-19)30-31(27)26-17-15-24(16-18-26)29-23-13-7-21(8-14-23)20-5-11-22(28-2)12-6-20/h3-18H,1-2H3. The molecule has 0 aliphatic carbocycles. The average molecular weight is 431 g/mol. The minimum Gasteiger partial charge on any atom is -0.497 e. The molecule has 0 N–H and O–H groups in total. The van der Waals surface area contributed by atoms with Gasteiger partial charge in [-0.3, -0.25) is 0 Å². The van der Waals surface area contributed by atoms with Crippen molar-refractivity contribution in [1.29, 1.82) is 0 Å². The molecule has 4 aromatic rings. The van der Waals surface area contributed by atoms with E-state index in [4.69, 9.17) is 13.7 Å². The maximum absolute atomic E-state index is 12.4. The predicted octanol–water partition coefficient (Wildman–Crippen LogP) is 6.56. The Morgan fingerprint density at radius 2 is 1.03 bits per heavy atom. The third kappa shape index (κ3) is 5.32. The largest absolute Gasteiger partial charge is 0.497 e. The van der Waals surface area contributed by atoms with Crippen molar-refractivity contribution in [3.63, 3.8) is 0 Å². The molecular formula is C26H22O4S. The number of rotatable bonds is 7. The van der Waals surface area contributed by atoms with Crippen molar-refractivity contribution < 1.29 is 17.9 Å². The van der Waals surface area contributed by atoms with Crippen LogP contribution in [0.15, 0.2) is 102 Å². The SMILES string of the molecule is COc1ccc(-c2ccc(Oc3ccc(S(=O)Oc4ccc(C)cc4)cc3)cc2)cc1. The van der Waals surface area contributed by atoms with Crippen molar-refractivity contribution in [3.8, 4) is 34.1 Å². The minimum absolute atomic E-state index is 0.571. The lowest BCUT2D eigenvalue weighted by Gasteiger charge is -2.09. The fraction of sp³-hybridized carbons (Fsp3) is 0.0769. The van der Waals surface area contributed by atoms with E-state index >= 15 is 0 Å². The molecule has 31 heavy (non-hydrogen) atoms. The van der Waals surface area contributed by atoms with Crippen molar-refractivity contribution >= 4 is 11.1 Å². The highest BCUT2D eigenvalue weighted by molar-refractivity contribution is 7.80. The summed E-state index contributed by atoms with van der Waals surface area (Å²) in [4.78, 5) is 0.572. The molecule has 0 amide bonds. The van der Waals surface area contributed by atoms with E-state index in [1.54, 1.807) is 43.5 Å². The molecule has 0 aliphatic rings. The van der Waals surface area contributed by atoms with E-state index in [9.17, 15) is 4.21 Å². The summed E-state index contributed by atoms with van der Waals surface area (Å²) in [6.45, 7) is 1.99. The van der Waals surface area contributed by atoms with Crippen molar-refractivity contribution in [1.82, 2.24) is 0 Å². The van der Waals surface area contributed by atoms with E-state index in [1.165, 1.54) is 0 Å². The summed E-state index contributed by atoms with van der Waals surface area (Å²) < 4.78 is 29.0. The van der Waals surface area contributed by atoms with Crippen LogP contribution in [-0.2, 0) is 11.1 Å². The van der Waals surface area contributed by atoms with Crippen LogP contribution in [0.4, 0.5) is 0 Å². The Labute approximate surface area is 184 Å². The zero-order chi connectivity index (χ0) is 21.6. The first kappa shape index (κ1) is 20.7. The Bertz CT molecular complexity index is 1150. The van der Waals surface area contributed by atoms with Gasteiger partial charge in [-0.15, -0.1) is 0 Å². The molecule has 0 saturated carbocycles. The molecule has 0 radical (unpaired) electrons. The van der Waals surface area contributed by atoms with Crippen LogP contribution in [0.1, 0.15) is 5.56 Å². The molecule has 4 nitrogen and oxygen atoms in total. The molecule has 0 bridgehead atoms. The van der Waals surface area contributed by atoms with Gasteiger partial charge in [0.2, 0.25) is 11.1 Å². The number of hydrogen-bond donors (Lipinski definition) is 0. The third-order valence-electron chi connectivity index (χ3n) is 4.72. The van der Waals surface area contributed by atoms with Gasteiger partial charge in [0.25, 0.3) is 0 Å². The second-order valence-corrected chi connectivity index (χ2v) is 8.06.